The fraction of sp³-hybridized carbons (Fsp3) is 0.500. The van der Waals surface area contributed by atoms with Gasteiger partial charge in [-0.05, 0) is 49.9 Å². The van der Waals surface area contributed by atoms with Gasteiger partial charge in [-0.25, -0.2) is 9.18 Å². The average Bonchev–Trinajstić information content (AvgIpc) is 3.60. The van der Waals surface area contributed by atoms with Crippen LogP contribution >= 0.6 is 0 Å². The quantitative estimate of drug-likeness (QED) is 0.604. The Morgan fingerprint density at radius 2 is 2.16 bits per heavy atom. The van der Waals surface area contributed by atoms with Gasteiger partial charge in [-0.1, -0.05) is 12.1 Å². The monoisotopic (exact) mass is 503 g/mol. The first-order chi connectivity index (χ1) is 17.8. The number of amides is 1. The van der Waals surface area contributed by atoms with Gasteiger partial charge in [-0.15, -0.1) is 0 Å². The molecule has 2 N–H and O–H groups in total. The van der Waals surface area contributed by atoms with Gasteiger partial charge >= 0.3 is 5.97 Å². The van der Waals surface area contributed by atoms with Crippen LogP contribution in [0, 0.1) is 23.1 Å². The highest BCUT2D eigenvalue weighted by Gasteiger charge is 2.47. The topological polar surface area (TPSA) is 107 Å². The molecule has 1 unspecified atom stereocenters. The lowest BCUT2D eigenvalue weighted by molar-refractivity contribution is -0.124. The highest BCUT2D eigenvalue weighted by atomic mass is 19.1. The van der Waals surface area contributed by atoms with Crippen LogP contribution in [0.2, 0.25) is 0 Å². The number of rotatable bonds is 5. The van der Waals surface area contributed by atoms with E-state index in [0.717, 1.165) is 37.9 Å². The Balaban J connectivity index is 1.18. The molecule has 6 rings (SSSR count). The molecule has 2 saturated heterocycles. The number of hydrogen-bond acceptors (Lipinski definition) is 7. The van der Waals surface area contributed by atoms with Gasteiger partial charge in [0.05, 0.1) is 23.4 Å². The first-order valence-electron chi connectivity index (χ1n) is 13.0. The summed E-state index contributed by atoms with van der Waals surface area (Å²) in [7, 11) is 2.05. The second-order valence-corrected chi connectivity index (χ2v) is 10.9. The van der Waals surface area contributed by atoms with Crippen LogP contribution in [0.5, 0.6) is 0 Å². The Kier molecular flexibility index (Phi) is 5.97. The van der Waals surface area contributed by atoms with Crippen LogP contribution in [0.25, 0.3) is 11.3 Å². The molecule has 0 radical (unpaired) electrons. The Bertz CT molecular complexity index is 1300. The maximum Gasteiger partial charge on any atom is 0.341 e. The lowest BCUT2D eigenvalue weighted by atomic mass is 9.83. The lowest BCUT2D eigenvalue weighted by Crippen LogP contribution is -2.50. The summed E-state index contributed by atoms with van der Waals surface area (Å²) in [5.74, 6) is -0.689. The van der Waals surface area contributed by atoms with E-state index in [4.69, 9.17) is 4.74 Å². The fourth-order valence-corrected chi connectivity index (χ4v) is 6.42. The van der Waals surface area contributed by atoms with E-state index in [1.807, 2.05) is 13.1 Å². The van der Waals surface area contributed by atoms with Gasteiger partial charge in [-0.3, -0.25) is 9.78 Å². The molecule has 3 aliphatic heterocycles. The second-order valence-electron chi connectivity index (χ2n) is 10.9. The summed E-state index contributed by atoms with van der Waals surface area (Å²) >= 11 is 0. The van der Waals surface area contributed by atoms with Gasteiger partial charge in [-0.2, -0.15) is 5.26 Å². The van der Waals surface area contributed by atoms with E-state index in [1.54, 1.807) is 12.1 Å². The van der Waals surface area contributed by atoms with Gasteiger partial charge in [0.15, 0.2) is 0 Å². The summed E-state index contributed by atoms with van der Waals surface area (Å²) in [5.41, 5.74) is 2.14. The number of nitrogens with one attached hydrogen (secondary N) is 2. The summed E-state index contributed by atoms with van der Waals surface area (Å²) in [6.07, 6.45) is 6.13. The van der Waals surface area contributed by atoms with E-state index < -0.39 is 17.5 Å². The lowest BCUT2D eigenvalue weighted by Gasteiger charge is -2.37. The number of likely N-dealkylation sites (tertiary alicyclic amines) is 1. The Labute approximate surface area is 215 Å². The van der Waals surface area contributed by atoms with Crippen LogP contribution in [0.4, 0.5) is 4.39 Å². The van der Waals surface area contributed by atoms with E-state index in [2.05, 4.69) is 26.6 Å². The highest BCUT2D eigenvalue weighted by molar-refractivity contribution is 5.95. The molecule has 1 aliphatic carbocycles. The summed E-state index contributed by atoms with van der Waals surface area (Å²) in [6, 6.07) is 8.05. The summed E-state index contributed by atoms with van der Waals surface area (Å²) < 4.78 is 21.0. The molecule has 4 heterocycles. The summed E-state index contributed by atoms with van der Waals surface area (Å²) in [5, 5.41) is 15.7. The second kappa shape index (κ2) is 9.19. The molecule has 1 aromatic carbocycles. The van der Waals surface area contributed by atoms with Crippen molar-refractivity contribution in [3.63, 3.8) is 0 Å². The number of fused-ring (bicyclic) bond motifs is 4. The Morgan fingerprint density at radius 1 is 1.35 bits per heavy atom. The van der Waals surface area contributed by atoms with Crippen molar-refractivity contribution < 1.29 is 18.7 Å². The molecular formula is C28H30FN5O3. The van der Waals surface area contributed by atoms with Crippen LogP contribution in [-0.2, 0) is 21.6 Å². The minimum atomic E-state index is -0.820. The molecule has 2 bridgehead atoms. The first kappa shape index (κ1) is 24.0. The van der Waals surface area contributed by atoms with Crippen molar-refractivity contribution in [1.29, 1.82) is 5.26 Å². The van der Waals surface area contributed by atoms with Crippen LogP contribution in [0.1, 0.15) is 53.6 Å². The molecule has 1 amide bonds. The largest absolute Gasteiger partial charge is 0.450 e. The SMILES string of the molecule is CN1CCC2(CC1)OC(=O)c1cnc(-c3ccc(C[C@@H](C#N)NC(=O)C4N[C@@H]5CC[C@H]4C5)c(F)c3)cc12. The zero-order valence-corrected chi connectivity index (χ0v) is 20.8. The number of hydrogen-bond donors (Lipinski definition) is 2. The number of ether oxygens (including phenoxy) is 1. The first-order valence-corrected chi connectivity index (χ1v) is 13.0. The van der Waals surface area contributed by atoms with E-state index in [1.165, 1.54) is 12.3 Å². The van der Waals surface area contributed by atoms with Crippen LogP contribution in [-0.4, -0.2) is 60.0 Å². The third-order valence-electron chi connectivity index (χ3n) is 8.59. The number of nitrogens with zero attached hydrogens (tertiary/aromatic N) is 3. The van der Waals surface area contributed by atoms with E-state index >= 15 is 4.39 Å². The third kappa shape index (κ3) is 4.28. The molecule has 8 nitrogen and oxygen atoms in total. The molecular weight excluding hydrogens is 473 g/mol. The third-order valence-corrected chi connectivity index (χ3v) is 8.59. The number of pyridine rings is 1. The number of piperidine rings is 2. The standard InChI is InChI=1S/C28H30FN5O3/c1-34-8-6-28(7-9-34)22-13-24(31-15-21(22)27(36)37-28)17-3-2-16(23(29)12-17)10-20(14-30)33-26(35)25-18-4-5-19(11-18)32-25/h2-3,12-13,15,18-20,25,32H,4-11H2,1H3,(H,33,35)/t18-,19+,20-,25?/m0/s1. The molecule has 4 aliphatic rings. The normalized spacial score (nSPS) is 26.5. The van der Waals surface area contributed by atoms with Crippen molar-refractivity contribution in [2.24, 2.45) is 5.92 Å². The molecule has 37 heavy (non-hydrogen) atoms. The average molecular weight is 504 g/mol. The van der Waals surface area contributed by atoms with Crippen molar-refractivity contribution >= 4 is 11.9 Å². The maximum atomic E-state index is 15.2. The number of carbonyl (C=O) groups excluding carboxylic acids is 2. The molecule has 1 saturated carbocycles. The molecule has 1 aromatic heterocycles. The molecule has 9 heteroatoms. The van der Waals surface area contributed by atoms with Gasteiger partial charge in [0, 0.05) is 55.7 Å². The predicted molar refractivity (Wildman–Crippen MR) is 133 cm³/mol. The zero-order valence-electron chi connectivity index (χ0n) is 20.8. The summed E-state index contributed by atoms with van der Waals surface area (Å²) in [4.78, 5) is 31.8. The van der Waals surface area contributed by atoms with Gasteiger partial charge in [0.2, 0.25) is 5.91 Å². The summed E-state index contributed by atoms with van der Waals surface area (Å²) in [6.45, 7) is 1.64. The van der Waals surface area contributed by atoms with Crippen molar-refractivity contribution in [2.45, 2.75) is 62.3 Å². The van der Waals surface area contributed by atoms with Crippen molar-refractivity contribution in [2.75, 3.05) is 20.1 Å². The van der Waals surface area contributed by atoms with Crippen molar-refractivity contribution in [3.05, 3.63) is 53.0 Å². The van der Waals surface area contributed by atoms with Crippen LogP contribution in [0.15, 0.2) is 30.5 Å². The van der Waals surface area contributed by atoms with E-state index in [0.29, 0.717) is 47.2 Å². The van der Waals surface area contributed by atoms with Crippen LogP contribution in [0.3, 0.4) is 0 Å². The minimum absolute atomic E-state index is 0.0752. The van der Waals surface area contributed by atoms with Crippen molar-refractivity contribution in [1.82, 2.24) is 20.5 Å². The maximum absolute atomic E-state index is 15.2. The number of esters is 1. The van der Waals surface area contributed by atoms with Gasteiger partial charge in [0.1, 0.15) is 17.5 Å². The Hall–Kier alpha value is -3.35. The molecule has 4 atom stereocenters. The van der Waals surface area contributed by atoms with Gasteiger partial charge in [0.25, 0.3) is 0 Å². The zero-order chi connectivity index (χ0) is 25.7. The molecule has 1 spiro atoms. The molecule has 3 fully saturated rings. The van der Waals surface area contributed by atoms with E-state index in [-0.39, 0.29) is 24.3 Å². The van der Waals surface area contributed by atoms with Gasteiger partial charge < -0.3 is 20.3 Å². The number of aromatic nitrogens is 1. The number of carbonyl (C=O) groups is 2. The number of nitriles is 1. The van der Waals surface area contributed by atoms with Crippen LogP contribution < -0.4 is 10.6 Å². The number of halogens is 1. The van der Waals surface area contributed by atoms with Crippen molar-refractivity contribution in [3.8, 4) is 17.3 Å². The Morgan fingerprint density at radius 3 is 2.84 bits per heavy atom. The molecule has 2 aromatic rings. The fourth-order valence-electron chi connectivity index (χ4n) is 6.42. The smallest absolute Gasteiger partial charge is 0.341 e. The minimum Gasteiger partial charge on any atom is -0.450 e. The van der Waals surface area contributed by atoms with E-state index in [9.17, 15) is 14.9 Å². The number of benzene rings is 1. The highest BCUT2D eigenvalue weighted by Crippen LogP contribution is 2.44. The predicted octanol–water partition coefficient (Wildman–Crippen LogP) is 2.67. The molecule has 192 valence electrons.